The van der Waals surface area contributed by atoms with Gasteiger partial charge in [-0.15, -0.1) is 0 Å². The van der Waals surface area contributed by atoms with Gasteiger partial charge in [-0.3, -0.25) is 9.69 Å². The number of nitrogens with one attached hydrogen (secondary N) is 1. The van der Waals surface area contributed by atoms with Crippen LogP contribution in [-0.4, -0.2) is 37.6 Å². The van der Waals surface area contributed by atoms with Gasteiger partial charge in [0.2, 0.25) is 0 Å². The van der Waals surface area contributed by atoms with Crippen molar-refractivity contribution in [2.45, 2.75) is 31.9 Å². The first-order valence-electron chi connectivity index (χ1n) is 11.1. The second-order valence-corrected chi connectivity index (χ2v) is 7.98. The Bertz CT molecular complexity index is 982. The lowest BCUT2D eigenvalue weighted by molar-refractivity contribution is 0.0913. The van der Waals surface area contributed by atoms with Crippen LogP contribution in [0.5, 0.6) is 11.5 Å². The van der Waals surface area contributed by atoms with Crippen molar-refractivity contribution in [1.29, 1.82) is 0 Å². The molecule has 3 aromatic rings. The smallest absolute Gasteiger partial charge is 0.251 e. The number of furan rings is 1. The van der Waals surface area contributed by atoms with E-state index in [9.17, 15) is 4.79 Å². The zero-order chi connectivity index (χ0) is 22.2. The monoisotopic (exact) mass is 434 g/mol. The van der Waals surface area contributed by atoms with E-state index in [1.165, 1.54) is 19.3 Å². The molecule has 2 aromatic carbocycles. The number of piperidine rings is 1. The first-order valence-corrected chi connectivity index (χ1v) is 11.1. The molecule has 0 bridgehead atoms. The van der Waals surface area contributed by atoms with E-state index >= 15 is 0 Å². The third-order valence-corrected chi connectivity index (χ3v) is 5.82. The van der Waals surface area contributed by atoms with Gasteiger partial charge in [0.05, 0.1) is 19.4 Å². The number of likely N-dealkylation sites (tertiary alicyclic amines) is 1. The topological polar surface area (TPSA) is 63.9 Å². The van der Waals surface area contributed by atoms with Gasteiger partial charge in [0, 0.05) is 12.1 Å². The average molecular weight is 435 g/mol. The van der Waals surface area contributed by atoms with Gasteiger partial charge >= 0.3 is 0 Å². The Morgan fingerprint density at radius 2 is 1.84 bits per heavy atom. The van der Waals surface area contributed by atoms with Gasteiger partial charge in [-0.2, -0.15) is 0 Å². The third kappa shape index (κ3) is 5.51. The number of ether oxygens (including phenoxy) is 2. The summed E-state index contributed by atoms with van der Waals surface area (Å²) in [6.07, 6.45) is 5.29. The second-order valence-electron chi connectivity index (χ2n) is 7.98. The summed E-state index contributed by atoms with van der Waals surface area (Å²) < 4.78 is 17.0. The molecule has 0 aliphatic carbocycles. The van der Waals surface area contributed by atoms with Gasteiger partial charge < -0.3 is 19.2 Å². The minimum atomic E-state index is -0.147. The zero-order valence-corrected chi connectivity index (χ0v) is 18.5. The Hall–Kier alpha value is -3.25. The molecule has 1 aliphatic heterocycles. The van der Waals surface area contributed by atoms with Gasteiger partial charge in [-0.1, -0.05) is 36.8 Å². The molecule has 1 aromatic heterocycles. The Balaban J connectivity index is 1.40. The van der Waals surface area contributed by atoms with Crippen LogP contribution in [0.15, 0.2) is 71.3 Å². The van der Waals surface area contributed by atoms with E-state index in [1.807, 2.05) is 42.5 Å². The standard InChI is InChI=1S/C26H30N2O4/c1-30-25-17-21(12-13-24(25)32-19-20-9-4-2-5-10-20)26(29)27-18-22(23-11-8-16-31-23)28-14-6-3-7-15-28/h2,4-5,8-13,16-17,22H,3,6-7,14-15,18-19H2,1H3,(H,27,29). The van der Waals surface area contributed by atoms with Crippen LogP contribution in [0.25, 0.3) is 0 Å². The molecule has 1 atom stereocenters. The fraction of sp³-hybridized carbons (Fsp3) is 0.346. The molecular weight excluding hydrogens is 404 g/mol. The zero-order valence-electron chi connectivity index (χ0n) is 18.5. The molecule has 6 heteroatoms. The van der Waals surface area contributed by atoms with Crippen LogP contribution in [0, 0.1) is 0 Å². The molecule has 0 saturated carbocycles. The van der Waals surface area contributed by atoms with E-state index in [0.717, 1.165) is 24.4 Å². The number of hydrogen-bond donors (Lipinski definition) is 1. The maximum absolute atomic E-state index is 12.9. The largest absolute Gasteiger partial charge is 0.493 e. The van der Waals surface area contributed by atoms with Gasteiger partial charge in [0.25, 0.3) is 5.91 Å². The third-order valence-electron chi connectivity index (χ3n) is 5.82. The molecule has 2 heterocycles. The molecule has 1 amide bonds. The van der Waals surface area contributed by atoms with Crippen LogP contribution in [0.3, 0.4) is 0 Å². The highest BCUT2D eigenvalue weighted by Crippen LogP contribution is 2.29. The Morgan fingerprint density at radius 1 is 1.03 bits per heavy atom. The number of carbonyl (C=O) groups excluding carboxylic acids is 1. The number of carbonyl (C=O) groups is 1. The molecule has 0 radical (unpaired) electrons. The molecule has 1 saturated heterocycles. The molecular formula is C26H30N2O4. The van der Waals surface area contributed by atoms with Crippen molar-refractivity contribution < 1.29 is 18.7 Å². The van der Waals surface area contributed by atoms with Crippen LogP contribution in [0.4, 0.5) is 0 Å². The summed E-state index contributed by atoms with van der Waals surface area (Å²) in [5.41, 5.74) is 1.60. The van der Waals surface area contributed by atoms with Gasteiger partial charge in [-0.05, 0) is 61.8 Å². The van der Waals surface area contributed by atoms with E-state index in [1.54, 1.807) is 31.6 Å². The van der Waals surface area contributed by atoms with Gasteiger partial charge in [0.1, 0.15) is 12.4 Å². The van der Waals surface area contributed by atoms with Crippen molar-refractivity contribution in [3.05, 3.63) is 83.8 Å². The van der Waals surface area contributed by atoms with E-state index < -0.39 is 0 Å². The van der Waals surface area contributed by atoms with Gasteiger partial charge in [-0.25, -0.2) is 0 Å². The fourth-order valence-corrected chi connectivity index (χ4v) is 4.08. The molecule has 32 heavy (non-hydrogen) atoms. The van der Waals surface area contributed by atoms with Crippen molar-refractivity contribution in [1.82, 2.24) is 10.2 Å². The molecule has 1 fully saturated rings. The summed E-state index contributed by atoms with van der Waals surface area (Å²) in [7, 11) is 1.58. The van der Waals surface area contributed by atoms with Crippen molar-refractivity contribution in [2.75, 3.05) is 26.7 Å². The Labute approximate surface area is 189 Å². The Morgan fingerprint density at radius 3 is 2.56 bits per heavy atom. The van der Waals surface area contributed by atoms with Gasteiger partial charge in [0.15, 0.2) is 11.5 Å². The average Bonchev–Trinajstić information content (AvgIpc) is 3.38. The number of hydrogen-bond acceptors (Lipinski definition) is 5. The predicted octanol–water partition coefficient (Wildman–Crippen LogP) is 4.82. The molecule has 1 N–H and O–H groups in total. The summed E-state index contributed by atoms with van der Waals surface area (Å²) in [6.45, 7) is 2.95. The summed E-state index contributed by atoms with van der Waals surface area (Å²) >= 11 is 0. The summed E-state index contributed by atoms with van der Waals surface area (Å²) in [5, 5.41) is 3.08. The van der Waals surface area contributed by atoms with Crippen LogP contribution in [0.1, 0.15) is 47.0 Å². The first kappa shape index (κ1) is 22.0. The molecule has 1 unspecified atom stereocenters. The van der Waals surface area contributed by atoms with Crippen molar-refractivity contribution in [3.8, 4) is 11.5 Å². The molecule has 1 aliphatic rings. The molecule has 6 nitrogen and oxygen atoms in total. The lowest BCUT2D eigenvalue weighted by atomic mass is 10.1. The number of rotatable bonds is 9. The Kier molecular flexibility index (Phi) is 7.46. The maximum atomic E-state index is 12.9. The number of amides is 1. The second kappa shape index (κ2) is 10.9. The van der Waals surface area contributed by atoms with E-state index in [-0.39, 0.29) is 11.9 Å². The number of benzene rings is 2. The SMILES string of the molecule is COc1cc(C(=O)NCC(c2ccco2)N2CCCCC2)ccc1OCc1ccccc1. The van der Waals surface area contributed by atoms with Crippen LogP contribution in [0.2, 0.25) is 0 Å². The number of methoxy groups -OCH3 is 1. The summed E-state index contributed by atoms with van der Waals surface area (Å²) in [4.78, 5) is 15.3. The molecule has 168 valence electrons. The normalized spacial score (nSPS) is 15.2. The quantitative estimate of drug-likeness (QED) is 0.523. The fourth-order valence-electron chi connectivity index (χ4n) is 4.08. The van der Waals surface area contributed by atoms with E-state index in [0.29, 0.717) is 30.2 Å². The minimum absolute atomic E-state index is 0.0321. The maximum Gasteiger partial charge on any atom is 0.251 e. The number of nitrogens with zero attached hydrogens (tertiary/aromatic N) is 1. The molecule has 0 spiro atoms. The first-order chi connectivity index (χ1) is 15.7. The van der Waals surface area contributed by atoms with Crippen LogP contribution < -0.4 is 14.8 Å². The predicted molar refractivity (Wildman–Crippen MR) is 123 cm³/mol. The summed E-state index contributed by atoms with van der Waals surface area (Å²) in [5.74, 6) is 1.88. The van der Waals surface area contributed by atoms with Crippen molar-refractivity contribution >= 4 is 5.91 Å². The lowest BCUT2D eigenvalue weighted by Gasteiger charge is -2.33. The highest BCUT2D eigenvalue weighted by atomic mass is 16.5. The van der Waals surface area contributed by atoms with Crippen LogP contribution >= 0.6 is 0 Å². The van der Waals surface area contributed by atoms with Crippen molar-refractivity contribution in [2.24, 2.45) is 0 Å². The van der Waals surface area contributed by atoms with E-state index in [4.69, 9.17) is 13.9 Å². The molecule has 4 rings (SSSR count). The summed E-state index contributed by atoms with van der Waals surface area (Å²) in [6, 6.07) is 19.1. The highest BCUT2D eigenvalue weighted by Gasteiger charge is 2.25. The highest BCUT2D eigenvalue weighted by molar-refractivity contribution is 5.94. The van der Waals surface area contributed by atoms with Crippen molar-refractivity contribution in [3.63, 3.8) is 0 Å². The van der Waals surface area contributed by atoms with Crippen LogP contribution in [-0.2, 0) is 6.61 Å². The minimum Gasteiger partial charge on any atom is -0.493 e. The lowest BCUT2D eigenvalue weighted by Crippen LogP contribution is -2.40. The van der Waals surface area contributed by atoms with E-state index in [2.05, 4.69) is 10.2 Å².